The van der Waals surface area contributed by atoms with Crippen LogP contribution >= 0.6 is 0 Å². The van der Waals surface area contributed by atoms with Gasteiger partial charge in [-0.15, -0.1) is 0 Å². The van der Waals surface area contributed by atoms with Crippen molar-refractivity contribution >= 4 is 11.9 Å². The lowest BCUT2D eigenvalue weighted by Gasteiger charge is -2.31. The SMILES string of the molecule is COC(=O)C1CN(C(=O)c2cnn(C)c2C)CCO1. The molecule has 0 saturated carbocycles. The summed E-state index contributed by atoms with van der Waals surface area (Å²) >= 11 is 0. The minimum Gasteiger partial charge on any atom is -0.467 e. The van der Waals surface area contributed by atoms with E-state index in [-0.39, 0.29) is 12.5 Å². The Balaban J connectivity index is 2.11. The number of aromatic nitrogens is 2. The highest BCUT2D eigenvalue weighted by Gasteiger charge is 2.31. The van der Waals surface area contributed by atoms with Gasteiger partial charge < -0.3 is 14.4 Å². The molecule has 1 aliphatic heterocycles. The Morgan fingerprint density at radius 1 is 1.53 bits per heavy atom. The normalized spacial score (nSPS) is 19.3. The van der Waals surface area contributed by atoms with E-state index in [1.165, 1.54) is 7.11 Å². The van der Waals surface area contributed by atoms with Gasteiger partial charge in [0, 0.05) is 19.3 Å². The average molecular weight is 267 g/mol. The molecule has 1 fully saturated rings. The van der Waals surface area contributed by atoms with Crippen LogP contribution in [0.4, 0.5) is 0 Å². The summed E-state index contributed by atoms with van der Waals surface area (Å²) in [6, 6.07) is 0. The van der Waals surface area contributed by atoms with Crippen LogP contribution in [-0.2, 0) is 21.3 Å². The maximum absolute atomic E-state index is 12.4. The number of carbonyl (C=O) groups is 2. The van der Waals surface area contributed by atoms with Crippen LogP contribution in [0.2, 0.25) is 0 Å². The summed E-state index contributed by atoms with van der Waals surface area (Å²) < 4.78 is 11.6. The summed E-state index contributed by atoms with van der Waals surface area (Å²) in [5.74, 6) is -0.594. The summed E-state index contributed by atoms with van der Waals surface area (Å²) in [6.07, 6.45) is 0.833. The van der Waals surface area contributed by atoms with Crippen LogP contribution in [0.1, 0.15) is 16.1 Å². The summed E-state index contributed by atoms with van der Waals surface area (Å²) in [5.41, 5.74) is 1.35. The molecule has 0 radical (unpaired) electrons. The van der Waals surface area contributed by atoms with Crippen LogP contribution in [0, 0.1) is 6.92 Å². The molecule has 7 heteroatoms. The Morgan fingerprint density at radius 2 is 2.26 bits per heavy atom. The number of rotatable bonds is 2. The second-order valence-corrected chi connectivity index (χ2v) is 4.40. The van der Waals surface area contributed by atoms with Gasteiger partial charge in [-0.3, -0.25) is 9.48 Å². The van der Waals surface area contributed by atoms with Crippen molar-refractivity contribution in [3.63, 3.8) is 0 Å². The van der Waals surface area contributed by atoms with E-state index in [0.29, 0.717) is 18.7 Å². The van der Waals surface area contributed by atoms with Crippen molar-refractivity contribution in [3.05, 3.63) is 17.5 Å². The highest BCUT2D eigenvalue weighted by atomic mass is 16.6. The highest BCUT2D eigenvalue weighted by molar-refractivity contribution is 5.95. The lowest BCUT2D eigenvalue weighted by atomic mass is 10.2. The molecule has 7 nitrogen and oxygen atoms in total. The molecule has 19 heavy (non-hydrogen) atoms. The van der Waals surface area contributed by atoms with Crippen LogP contribution in [0.3, 0.4) is 0 Å². The number of nitrogens with zero attached hydrogens (tertiary/aromatic N) is 3. The molecule has 1 aromatic heterocycles. The van der Waals surface area contributed by atoms with E-state index in [2.05, 4.69) is 9.84 Å². The monoisotopic (exact) mass is 267 g/mol. The molecule has 2 heterocycles. The summed E-state index contributed by atoms with van der Waals surface area (Å²) in [4.78, 5) is 25.4. The van der Waals surface area contributed by atoms with Gasteiger partial charge in [0.15, 0.2) is 6.10 Å². The largest absolute Gasteiger partial charge is 0.467 e. The van der Waals surface area contributed by atoms with Crippen molar-refractivity contribution in [2.75, 3.05) is 26.8 Å². The molecule has 1 atom stereocenters. The third kappa shape index (κ3) is 2.60. The third-order valence-corrected chi connectivity index (χ3v) is 3.28. The highest BCUT2D eigenvalue weighted by Crippen LogP contribution is 2.14. The van der Waals surface area contributed by atoms with Crippen molar-refractivity contribution in [2.45, 2.75) is 13.0 Å². The number of amides is 1. The van der Waals surface area contributed by atoms with Gasteiger partial charge in [-0.2, -0.15) is 5.10 Å². The van der Waals surface area contributed by atoms with E-state index >= 15 is 0 Å². The van der Waals surface area contributed by atoms with Crippen molar-refractivity contribution in [1.82, 2.24) is 14.7 Å². The Hall–Kier alpha value is -1.89. The molecular formula is C12H17N3O4. The van der Waals surface area contributed by atoms with E-state index in [1.807, 2.05) is 6.92 Å². The molecule has 0 spiro atoms. The zero-order valence-corrected chi connectivity index (χ0v) is 11.3. The summed E-state index contributed by atoms with van der Waals surface area (Å²) in [6.45, 7) is 2.82. The van der Waals surface area contributed by atoms with E-state index in [1.54, 1.807) is 22.8 Å². The summed E-state index contributed by atoms with van der Waals surface area (Å²) in [7, 11) is 3.08. The third-order valence-electron chi connectivity index (χ3n) is 3.28. The molecule has 1 unspecified atom stereocenters. The first kappa shape index (κ1) is 13.5. The Kier molecular flexibility index (Phi) is 3.84. The predicted molar refractivity (Wildman–Crippen MR) is 65.6 cm³/mol. The molecule has 0 aromatic carbocycles. The number of carbonyl (C=O) groups excluding carboxylic acids is 2. The molecule has 2 rings (SSSR count). The predicted octanol–water partition coefficient (Wildman–Crippen LogP) is -0.257. The fourth-order valence-corrected chi connectivity index (χ4v) is 1.99. The minimum absolute atomic E-state index is 0.136. The smallest absolute Gasteiger partial charge is 0.336 e. The Morgan fingerprint density at radius 3 is 2.84 bits per heavy atom. The maximum Gasteiger partial charge on any atom is 0.336 e. The van der Waals surface area contributed by atoms with Crippen LogP contribution in [-0.4, -0.2) is 59.5 Å². The molecule has 0 N–H and O–H groups in total. The van der Waals surface area contributed by atoms with Gasteiger partial charge >= 0.3 is 5.97 Å². The first-order chi connectivity index (χ1) is 9.04. The average Bonchev–Trinajstić information content (AvgIpc) is 2.77. The zero-order chi connectivity index (χ0) is 14.0. The Bertz CT molecular complexity index is 497. The van der Waals surface area contributed by atoms with E-state index in [9.17, 15) is 9.59 Å². The molecular weight excluding hydrogens is 250 g/mol. The van der Waals surface area contributed by atoms with Gasteiger partial charge in [0.2, 0.25) is 0 Å². The molecule has 104 valence electrons. The summed E-state index contributed by atoms with van der Waals surface area (Å²) in [5, 5.41) is 4.05. The first-order valence-electron chi connectivity index (χ1n) is 6.02. The van der Waals surface area contributed by atoms with E-state index in [4.69, 9.17) is 4.74 Å². The first-order valence-corrected chi connectivity index (χ1v) is 6.02. The van der Waals surface area contributed by atoms with Crippen molar-refractivity contribution in [2.24, 2.45) is 7.05 Å². The topological polar surface area (TPSA) is 73.7 Å². The molecule has 0 aliphatic carbocycles. The maximum atomic E-state index is 12.4. The number of morpholine rings is 1. The van der Waals surface area contributed by atoms with Crippen LogP contribution < -0.4 is 0 Å². The lowest BCUT2D eigenvalue weighted by Crippen LogP contribution is -2.49. The fourth-order valence-electron chi connectivity index (χ4n) is 1.99. The van der Waals surface area contributed by atoms with Crippen LogP contribution in [0.15, 0.2) is 6.20 Å². The minimum atomic E-state index is -0.709. The van der Waals surface area contributed by atoms with Gasteiger partial charge in [-0.1, -0.05) is 0 Å². The molecule has 1 aliphatic rings. The van der Waals surface area contributed by atoms with Crippen molar-refractivity contribution < 1.29 is 19.1 Å². The fraction of sp³-hybridized carbons (Fsp3) is 0.583. The second-order valence-electron chi connectivity index (χ2n) is 4.40. The number of ether oxygens (including phenoxy) is 2. The van der Waals surface area contributed by atoms with Crippen LogP contribution in [0.5, 0.6) is 0 Å². The molecule has 0 bridgehead atoms. The second kappa shape index (κ2) is 5.40. The lowest BCUT2D eigenvalue weighted by molar-refractivity contribution is -0.158. The standard InChI is InChI=1S/C12H17N3O4/c1-8-9(6-13-14(8)2)11(16)15-4-5-19-10(7-15)12(17)18-3/h6,10H,4-5,7H2,1-3H3. The van der Waals surface area contributed by atoms with Crippen molar-refractivity contribution in [3.8, 4) is 0 Å². The number of hydrogen-bond acceptors (Lipinski definition) is 5. The number of methoxy groups -OCH3 is 1. The number of aryl methyl sites for hydroxylation is 1. The van der Waals surface area contributed by atoms with Gasteiger partial charge in [0.1, 0.15) is 0 Å². The Labute approximate surface area is 111 Å². The zero-order valence-electron chi connectivity index (χ0n) is 11.3. The number of hydrogen-bond donors (Lipinski definition) is 0. The van der Waals surface area contributed by atoms with Gasteiger partial charge in [0.25, 0.3) is 5.91 Å². The molecule has 1 amide bonds. The van der Waals surface area contributed by atoms with Gasteiger partial charge in [0.05, 0.1) is 32.0 Å². The van der Waals surface area contributed by atoms with Gasteiger partial charge in [-0.25, -0.2) is 4.79 Å². The van der Waals surface area contributed by atoms with E-state index in [0.717, 1.165) is 5.69 Å². The van der Waals surface area contributed by atoms with Crippen LogP contribution in [0.25, 0.3) is 0 Å². The van der Waals surface area contributed by atoms with Gasteiger partial charge in [-0.05, 0) is 6.92 Å². The number of esters is 1. The molecule has 1 aromatic rings. The molecule has 1 saturated heterocycles. The van der Waals surface area contributed by atoms with E-state index < -0.39 is 12.1 Å². The quantitative estimate of drug-likeness (QED) is 0.690. The van der Waals surface area contributed by atoms with Crippen molar-refractivity contribution in [1.29, 1.82) is 0 Å².